The minimum Gasteiger partial charge on any atom is -0.378 e. The third kappa shape index (κ3) is 3.72. The van der Waals surface area contributed by atoms with Crippen LogP contribution in [0.3, 0.4) is 0 Å². The molecule has 3 aromatic rings. The van der Waals surface area contributed by atoms with Crippen LogP contribution >= 0.6 is 0 Å². The van der Waals surface area contributed by atoms with E-state index in [2.05, 4.69) is 28.3 Å². The first kappa shape index (κ1) is 18.0. The van der Waals surface area contributed by atoms with Crippen LogP contribution < -0.4 is 15.5 Å². The molecule has 1 aromatic heterocycles. The number of nitrogens with one attached hydrogen (secondary N) is 2. The highest BCUT2D eigenvalue weighted by atomic mass is 16.1. The van der Waals surface area contributed by atoms with Gasteiger partial charge in [0.25, 0.3) is 0 Å². The lowest BCUT2D eigenvalue weighted by molar-refractivity contribution is -0.111. The molecule has 6 heteroatoms. The molecular weight excluding hydrogens is 338 g/mol. The molecule has 0 atom stereocenters. The van der Waals surface area contributed by atoms with Gasteiger partial charge in [-0.2, -0.15) is 5.26 Å². The monoisotopic (exact) mass is 357 g/mol. The Hall–Kier alpha value is -3.85. The molecule has 0 bridgehead atoms. The molecular formula is C21H19N5O. The lowest BCUT2D eigenvalue weighted by Gasteiger charge is -2.15. The van der Waals surface area contributed by atoms with Crippen LogP contribution in [0.1, 0.15) is 5.56 Å². The molecule has 134 valence electrons. The summed E-state index contributed by atoms with van der Waals surface area (Å²) in [5.41, 5.74) is 4.16. The fraction of sp³-hybridized carbons (Fsp3) is 0.0952. The molecule has 27 heavy (non-hydrogen) atoms. The van der Waals surface area contributed by atoms with E-state index in [0.29, 0.717) is 22.5 Å². The first-order chi connectivity index (χ1) is 13.0. The normalized spacial score (nSPS) is 10.1. The molecule has 1 heterocycles. The van der Waals surface area contributed by atoms with E-state index in [-0.39, 0.29) is 5.91 Å². The van der Waals surface area contributed by atoms with Crippen molar-refractivity contribution in [2.45, 2.75) is 0 Å². The molecule has 6 nitrogen and oxygen atoms in total. The summed E-state index contributed by atoms with van der Waals surface area (Å²) in [5.74, 6) is -0.317. The second-order valence-electron chi connectivity index (χ2n) is 6.12. The van der Waals surface area contributed by atoms with Crippen LogP contribution in [-0.2, 0) is 4.79 Å². The molecule has 0 aliphatic carbocycles. The van der Waals surface area contributed by atoms with Gasteiger partial charge in [0.1, 0.15) is 6.07 Å². The van der Waals surface area contributed by atoms with Gasteiger partial charge >= 0.3 is 0 Å². The van der Waals surface area contributed by atoms with Crippen molar-refractivity contribution in [3.8, 4) is 6.07 Å². The molecule has 0 fully saturated rings. The second kappa shape index (κ2) is 7.58. The zero-order valence-corrected chi connectivity index (χ0v) is 15.2. The third-order valence-corrected chi connectivity index (χ3v) is 4.11. The Morgan fingerprint density at radius 1 is 1.22 bits per heavy atom. The average Bonchev–Trinajstić information content (AvgIpc) is 2.68. The Morgan fingerprint density at radius 2 is 1.96 bits per heavy atom. The van der Waals surface area contributed by atoms with Crippen molar-refractivity contribution in [3.63, 3.8) is 0 Å². The summed E-state index contributed by atoms with van der Waals surface area (Å²) in [6.07, 6.45) is 2.70. The van der Waals surface area contributed by atoms with E-state index in [1.807, 2.05) is 55.4 Å². The van der Waals surface area contributed by atoms with Gasteiger partial charge in [-0.3, -0.25) is 9.78 Å². The van der Waals surface area contributed by atoms with Crippen molar-refractivity contribution >= 4 is 39.6 Å². The van der Waals surface area contributed by atoms with Crippen LogP contribution in [0.4, 0.5) is 22.7 Å². The van der Waals surface area contributed by atoms with Gasteiger partial charge in [-0.05, 0) is 36.4 Å². The number of para-hydroxylation sites is 1. The number of rotatable bonds is 5. The quantitative estimate of drug-likeness (QED) is 0.674. The summed E-state index contributed by atoms with van der Waals surface area (Å²) in [4.78, 5) is 18.1. The van der Waals surface area contributed by atoms with E-state index in [9.17, 15) is 10.1 Å². The van der Waals surface area contributed by atoms with Crippen molar-refractivity contribution in [1.29, 1.82) is 5.26 Å². The van der Waals surface area contributed by atoms with Crippen molar-refractivity contribution in [2.24, 2.45) is 0 Å². The predicted octanol–water partition coefficient (Wildman–Crippen LogP) is 4.04. The zero-order chi connectivity index (χ0) is 19.4. The van der Waals surface area contributed by atoms with Gasteiger partial charge in [-0.15, -0.1) is 0 Å². The van der Waals surface area contributed by atoms with E-state index in [4.69, 9.17) is 0 Å². The number of nitriles is 1. The van der Waals surface area contributed by atoms with Gasteiger partial charge in [0.2, 0.25) is 5.91 Å². The topological polar surface area (TPSA) is 81.0 Å². The molecule has 2 aromatic carbocycles. The summed E-state index contributed by atoms with van der Waals surface area (Å²) < 4.78 is 0. The van der Waals surface area contributed by atoms with Crippen LogP contribution in [0.5, 0.6) is 0 Å². The average molecular weight is 357 g/mol. The number of nitrogens with zero attached hydrogens (tertiary/aromatic N) is 3. The van der Waals surface area contributed by atoms with Gasteiger partial charge in [-0.1, -0.05) is 18.7 Å². The number of carbonyl (C=O) groups excluding carboxylic acids is 1. The van der Waals surface area contributed by atoms with E-state index < -0.39 is 0 Å². The number of carbonyl (C=O) groups is 1. The number of anilines is 4. The first-order valence-corrected chi connectivity index (χ1v) is 8.33. The second-order valence-corrected chi connectivity index (χ2v) is 6.12. The summed E-state index contributed by atoms with van der Waals surface area (Å²) >= 11 is 0. The number of pyridine rings is 1. The Bertz CT molecular complexity index is 1050. The fourth-order valence-electron chi connectivity index (χ4n) is 2.71. The molecule has 0 radical (unpaired) electrons. The van der Waals surface area contributed by atoms with Crippen LogP contribution in [0.15, 0.2) is 61.3 Å². The standard InChI is InChI=1S/C21H19N5O/c1-4-19(27)25-18-7-5-6-17-20(14(12-22)13-23-21(17)18)24-15-8-10-16(11-9-15)26(2)3/h4-11,13H,1H2,2-3H3,(H,23,24)(H,25,27). The van der Waals surface area contributed by atoms with Crippen LogP contribution in [-0.4, -0.2) is 25.0 Å². The van der Waals surface area contributed by atoms with Crippen LogP contribution in [0.2, 0.25) is 0 Å². The summed E-state index contributed by atoms with van der Waals surface area (Å²) in [5, 5.41) is 16.3. The molecule has 0 saturated carbocycles. The number of hydrogen-bond acceptors (Lipinski definition) is 5. The van der Waals surface area contributed by atoms with Gasteiger partial charge in [0.05, 0.1) is 22.5 Å². The SMILES string of the molecule is C=CC(=O)Nc1cccc2c(Nc3ccc(N(C)C)cc3)c(C#N)cnc12. The fourth-order valence-corrected chi connectivity index (χ4v) is 2.71. The summed E-state index contributed by atoms with van der Waals surface area (Å²) in [7, 11) is 3.96. The number of benzene rings is 2. The van der Waals surface area contributed by atoms with E-state index in [1.165, 1.54) is 12.3 Å². The predicted molar refractivity (Wildman–Crippen MR) is 109 cm³/mol. The molecule has 3 rings (SSSR count). The molecule has 0 saturated heterocycles. The highest BCUT2D eigenvalue weighted by Gasteiger charge is 2.13. The third-order valence-electron chi connectivity index (χ3n) is 4.11. The molecule has 0 spiro atoms. The van der Waals surface area contributed by atoms with E-state index in [1.54, 1.807) is 6.07 Å². The maximum absolute atomic E-state index is 11.7. The Morgan fingerprint density at radius 3 is 2.59 bits per heavy atom. The van der Waals surface area contributed by atoms with Gasteiger partial charge in [0, 0.05) is 37.1 Å². The largest absolute Gasteiger partial charge is 0.378 e. The lowest BCUT2D eigenvalue weighted by Crippen LogP contribution is -2.09. The minimum atomic E-state index is -0.317. The zero-order valence-electron chi connectivity index (χ0n) is 15.2. The maximum Gasteiger partial charge on any atom is 0.247 e. The summed E-state index contributed by atoms with van der Waals surface area (Å²) in [6, 6.07) is 15.5. The molecule has 2 N–H and O–H groups in total. The smallest absolute Gasteiger partial charge is 0.247 e. The van der Waals surface area contributed by atoms with E-state index >= 15 is 0 Å². The van der Waals surface area contributed by atoms with Crippen LogP contribution in [0.25, 0.3) is 10.9 Å². The molecule has 0 aliphatic rings. The summed E-state index contributed by atoms with van der Waals surface area (Å²) in [6.45, 7) is 3.47. The molecule has 0 unspecified atom stereocenters. The maximum atomic E-state index is 11.7. The van der Waals surface area contributed by atoms with Gasteiger partial charge < -0.3 is 15.5 Å². The van der Waals surface area contributed by atoms with Crippen molar-refractivity contribution in [1.82, 2.24) is 4.98 Å². The minimum absolute atomic E-state index is 0.317. The first-order valence-electron chi connectivity index (χ1n) is 8.33. The number of aromatic nitrogens is 1. The Labute approximate surface area is 157 Å². The van der Waals surface area contributed by atoms with Gasteiger partial charge in [0.15, 0.2) is 0 Å². The number of hydrogen-bond donors (Lipinski definition) is 2. The van der Waals surface area contributed by atoms with Gasteiger partial charge in [-0.25, -0.2) is 0 Å². The Kier molecular flexibility index (Phi) is 5.04. The molecule has 0 aliphatic heterocycles. The molecule has 1 amide bonds. The van der Waals surface area contributed by atoms with Crippen LogP contribution in [0, 0.1) is 11.3 Å². The van der Waals surface area contributed by atoms with Crippen molar-refractivity contribution in [3.05, 3.63) is 66.9 Å². The number of fused-ring (bicyclic) bond motifs is 1. The Balaban J connectivity index is 2.07. The highest BCUT2D eigenvalue weighted by Crippen LogP contribution is 2.32. The van der Waals surface area contributed by atoms with Crippen molar-refractivity contribution in [2.75, 3.05) is 29.6 Å². The lowest BCUT2D eigenvalue weighted by atomic mass is 10.1. The highest BCUT2D eigenvalue weighted by molar-refractivity contribution is 6.08. The number of amides is 1. The van der Waals surface area contributed by atoms with Crippen molar-refractivity contribution < 1.29 is 4.79 Å². The van der Waals surface area contributed by atoms with E-state index in [0.717, 1.165) is 16.8 Å².